The lowest BCUT2D eigenvalue weighted by Gasteiger charge is -1.86. The molecule has 1 saturated heterocycles. The van der Waals surface area contributed by atoms with Gasteiger partial charge in [-0.05, 0) is 0 Å². The number of carboxylic acid groups (broad SMARTS) is 1. The number of carbonyl (C=O) groups is 3. The maximum atomic E-state index is 10.6. The standard InChI is InChI=1S/C5H4O4S/c6-2(1-3(7)8)4-5(9)10-4/h4H,1H2,(H,7,8)/t4-/m0/s1. The highest BCUT2D eigenvalue weighted by Gasteiger charge is 2.43. The van der Waals surface area contributed by atoms with Crippen molar-refractivity contribution in [2.75, 3.05) is 0 Å². The van der Waals surface area contributed by atoms with E-state index in [2.05, 4.69) is 0 Å². The highest BCUT2D eigenvalue weighted by molar-refractivity contribution is 8.26. The van der Waals surface area contributed by atoms with Gasteiger partial charge in [0.05, 0.1) is 0 Å². The second-order valence-electron chi connectivity index (χ2n) is 1.85. The molecule has 1 heterocycles. The molecule has 0 aromatic rings. The smallest absolute Gasteiger partial charge is 0.310 e. The van der Waals surface area contributed by atoms with Crippen LogP contribution < -0.4 is 0 Å². The van der Waals surface area contributed by atoms with E-state index < -0.39 is 23.4 Å². The first-order valence-corrected chi connectivity index (χ1v) is 3.44. The number of Topliss-reactive ketones (excluding diaryl/α,β-unsaturated/α-hetero) is 1. The van der Waals surface area contributed by atoms with Gasteiger partial charge in [-0.3, -0.25) is 14.4 Å². The van der Waals surface area contributed by atoms with Crippen LogP contribution in [0.3, 0.4) is 0 Å². The van der Waals surface area contributed by atoms with E-state index in [-0.39, 0.29) is 5.12 Å². The Morgan fingerprint density at radius 2 is 2.10 bits per heavy atom. The fourth-order valence-corrected chi connectivity index (χ4v) is 1.03. The van der Waals surface area contributed by atoms with Crippen LogP contribution in [0.2, 0.25) is 0 Å². The van der Waals surface area contributed by atoms with Crippen LogP contribution in [0.25, 0.3) is 0 Å². The minimum Gasteiger partial charge on any atom is -0.481 e. The predicted molar refractivity (Wildman–Crippen MR) is 33.6 cm³/mol. The van der Waals surface area contributed by atoms with Gasteiger partial charge in [0, 0.05) is 0 Å². The Bertz CT molecular complexity index is 210. The summed E-state index contributed by atoms with van der Waals surface area (Å²) in [5, 5.41) is 7.22. The first kappa shape index (κ1) is 7.27. The number of thioether (sulfide) groups is 1. The molecule has 1 rings (SSSR count). The predicted octanol–water partition coefficient (Wildman–Crippen LogP) is -0.328. The lowest BCUT2D eigenvalue weighted by molar-refractivity contribution is -0.139. The van der Waals surface area contributed by atoms with Gasteiger partial charge >= 0.3 is 5.97 Å². The Kier molecular flexibility index (Phi) is 1.76. The summed E-state index contributed by atoms with van der Waals surface area (Å²) in [7, 11) is 0. The highest BCUT2D eigenvalue weighted by Crippen LogP contribution is 2.34. The largest absolute Gasteiger partial charge is 0.481 e. The molecule has 0 radical (unpaired) electrons. The molecule has 1 atom stereocenters. The molecular weight excluding hydrogens is 156 g/mol. The monoisotopic (exact) mass is 160 g/mol. The van der Waals surface area contributed by atoms with Gasteiger partial charge in [-0.15, -0.1) is 0 Å². The van der Waals surface area contributed by atoms with Gasteiger partial charge in [0.15, 0.2) is 5.78 Å². The zero-order valence-corrected chi connectivity index (χ0v) is 5.68. The van der Waals surface area contributed by atoms with E-state index in [1.807, 2.05) is 0 Å². The Morgan fingerprint density at radius 1 is 1.60 bits per heavy atom. The van der Waals surface area contributed by atoms with E-state index in [1.165, 1.54) is 0 Å². The highest BCUT2D eigenvalue weighted by atomic mass is 32.2. The van der Waals surface area contributed by atoms with Crippen LogP contribution in [0.4, 0.5) is 0 Å². The first-order valence-electron chi connectivity index (χ1n) is 2.56. The summed E-state index contributed by atoms with van der Waals surface area (Å²) in [5.74, 6) is -1.67. The number of carboxylic acids is 1. The Balaban J connectivity index is 2.36. The van der Waals surface area contributed by atoms with E-state index in [0.29, 0.717) is 0 Å². The molecule has 1 N–H and O–H groups in total. The zero-order valence-electron chi connectivity index (χ0n) is 4.86. The lowest BCUT2D eigenvalue weighted by atomic mass is 10.2. The normalized spacial score (nSPS) is 22.4. The van der Waals surface area contributed by atoms with Crippen molar-refractivity contribution >= 4 is 28.6 Å². The molecule has 54 valence electrons. The van der Waals surface area contributed by atoms with Crippen LogP contribution in [0.1, 0.15) is 6.42 Å². The third kappa shape index (κ3) is 1.57. The van der Waals surface area contributed by atoms with Crippen LogP contribution in [0.15, 0.2) is 0 Å². The number of hydrogen-bond donors (Lipinski definition) is 1. The molecule has 0 aliphatic carbocycles. The van der Waals surface area contributed by atoms with E-state index in [4.69, 9.17) is 5.11 Å². The average molecular weight is 160 g/mol. The molecule has 1 aliphatic rings. The van der Waals surface area contributed by atoms with Crippen molar-refractivity contribution in [2.24, 2.45) is 0 Å². The summed E-state index contributed by atoms with van der Waals surface area (Å²) in [6, 6.07) is 0. The van der Waals surface area contributed by atoms with E-state index in [9.17, 15) is 14.4 Å². The first-order chi connectivity index (χ1) is 4.61. The summed E-state index contributed by atoms with van der Waals surface area (Å²) >= 11 is 0.890. The topological polar surface area (TPSA) is 71.4 Å². The van der Waals surface area contributed by atoms with Crippen molar-refractivity contribution < 1.29 is 19.5 Å². The second kappa shape index (κ2) is 2.42. The molecule has 0 saturated carbocycles. The fourth-order valence-electron chi connectivity index (χ4n) is 0.521. The maximum Gasteiger partial charge on any atom is 0.310 e. The van der Waals surface area contributed by atoms with Gasteiger partial charge in [-0.2, -0.15) is 0 Å². The minimum atomic E-state index is -1.18. The van der Waals surface area contributed by atoms with Gasteiger partial charge in [0.25, 0.3) is 0 Å². The van der Waals surface area contributed by atoms with Crippen molar-refractivity contribution in [1.29, 1.82) is 0 Å². The summed E-state index contributed by atoms with van der Waals surface area (Å²) in [6.45, 7) is 0. The lowest BCUT2D eigenvalue weighted by Crippen LogP contribution is -2.12. The molecule has 10 heavy (non-hydrogen) atoms. The second-order valence-corrected chi connectivity index (χ2v) is 2.96. The molecule has 0 amide bonds. The molecule has 5 heteroatoms. The van der Waals surface area contributed by atoms with Crippen molar-refractivity contribution in [2.45, 2.75) is 11.7 Å². The van der Waals surface area contributed by atoms with Crippen LogP contribution in [-0.2, 0) is 14.4 Å². The Labute approximate surface area is 60.6 Å². The van der Waals surface area contributed by atoms with Crippen molar-refractivity contribution in [3.63, 3.8) is 0 Å². The zero-order chi connectivity index (χ0) is 7.72. The Morgan fingerprint density at radius 3 is 2.40 bits per heavy atom. The average Bonchev–Trinajstić information content (AvgIpc) is 2.44. The third-order valence-electron chi connectivity index (χ3n) is 1.01. The van der Waals surface area contributed by atoms with Crippen LogP contribution in [0, 0.1) is 0 Å². The molecule has 1 aliphatic heterocycles. The van der Waals surface area contributed by atoms with Crippen molar-refractivity contribution in [3.8, 4) is 0 Å². The molecular formula is C5H4O4S. The third-order valence-corrected chi connectivity index (χ3v) is 1.94. The summed E-state index contributed by atoms with van der Waals surface area (Å²) in [4.78, 5) is 30.8. The molecule has 1 fully saturated rings. The van der Waals surface area contributed by atoms with Gasteiger partial charge < -0.3 is 5.11 Å². The molecule has 0 unspecified atom stereocenters. The quantitative estimate of drug-likeness (QED) is 0.452. The number of aliphatic carboxylic acids is 1. The maximum absolute atomic E-state index is 10.6. The summed E-state index contributed by atoms with van der Waals surface area (Å²) < 4.78 is 0. The summed E-state index contributed by atoms with van der Waals surface area (Å²) in [6.07, 6.45) is -0.538. The molecule has 0 aromatic heterocycles. The van der Waals surface area contributed by atoms with Gasteiger partial charge in [-0.25, -0.2) is 0 Å². The van der Waals surface area contributed by atoms with Crippen LogP contribution in [0.5, 0.6) is 0 Å². The van der Waals surface area contributed by atoms with E-state index in [0.717, 1.165) is 11.8 Å². The molecule has 4 nitrogen and oxygen atoms in total. The number of ketones is 1. The summed E-state index contributed by atoms with van der Waals surface area (Å²) in [5.41, 5.74) is 0. The molecule has 0 aromatic carbocycles. The molecule has 0 bridgehead atoms. The Hall–Kier alpha value is -0.840. The van der Waals surface area contributed by atoms with Gasteiger partial charge in [0.2, 0.25) is 5.12 Å². The van der Waals surface area contributed by atoms with Gasteiger partial charge in [-0.1, -0.05) is 11.8 Å². The van der Waals surface area contributed by atoms with Crippen LogP contribution in [-0.4, -0.2) is 27.2 Å². The fraction of sp³-hybridized carbons (Fsp3) is 0.400. The number of carbonyl (C=O) groups excluding carboxylic acids is 2. The van der Waals surface area contributed by atoms with E-state index in [1.54, 1.807) is 0 Å². The number of hydrogen-bond acceptors (Lipinski definition) is 4. The van der Waals surface area contributed by atoms with Gasteiger partial charge in [0.1, 0.15) is 11.7 Å². The minimum absolute atomic E-state index is 0.216. The number of rotatable bonds is 3. The van der Waals surface area contributed by atoms with Crippen molar-refractivity contribution in [1.82, 2.24) is 0 Å². The van der Waals surface area contributed by atoms with Crippen molar-refractivity contribution in [3.05, 3.63) is 0 Å². The van der Waals surface area contributed by atoms with Crippen LogP contribution >= 0.6 is 11.8 Å². The SMILES string of the molecule is O=C(O)CC(=O)[C@@H]1SC1=O. The van der Waals surface area contributed by atoms with E-state index >= 15 is 0 Å². The molecule has 0 spiro atoms.